The summed E-state index contributed by atoms with van der Waals surface area (Å²) in [5, 5.41) is 7.29. The summed E-state index contributed by atoms with van der Waals surface area (Å²) in [6, 6.07) is 6.55. The Labute approximate surface area is 178 Å². The summed E-state index contributed by atoms with van der Waals surface area (Å²) in [5.74, 6) is -0.417. The number of fused-ring (bicyclic) bond motifs is 5. The second kappa shape index (κ2) is 7.31. The van der Waals surface area contributed by atoms with E-state index in [4.69, 9.17) is 20.8 Å². The Morgan fingerprint density at radius 2 is 2.10 bits per heavy atom. The van der Waals surface area contributed by atoms with Crippen LogP contribution < -0.4 is 15.4 Å². The normalized spacial score (nSPS) is 16.2. The number of halogens is 3. The van der Waals surface area contributed by atoms with Crippen LogP contribution >= 0.6 is 11.6 Å². The summed E-state index contributed by atoms with van der Waals surface area (Å²) in [5.41, 5.74) is 1.13. The van der Waals surface area contributed by atoms with Gasteiger partial charge in [0.25, 0.3) is 12.3 Å². The number of aromatic nitrogens is 3. The topological polar surface area (TPSA) is 102 Å². The van der Waals surface area contributed by atoms with Gasteiger partial charge in [0, 0.05) is 30.2 Å². The molecular weight excluding hydrogens is 432 g/mol. The lowest BCUT2D eigenvalue weighted by Gasteiger charge is -2.10. The molecule has 11 heteroatoms. The van der Waals surface area contributed by atoms with E-state index in [9.17, 15) is 13.6 Å². The van der Waals surface area contributed by atoms with Crippen molar-refractivity contribution in [3.63, 3.8) is 0 Å². The average molecular weight is 446 g/mol. The molecule has 4 aromatic rings. The fraction of sp³-hybridized carbons (Fsp3) is 0.200. The predicted octanol–water partition coefficient (Wildman–Crippen LogP) is 4.70. The number of nitrogens with one attached hydrogen (secondary N) is 2. The highest BCUT2D eigenvalue weighted by Crippen LogP contribution is 2.38. The summed E-state index contributed by atoms with van der Waals surface area (Å²) in [6.07, 6.45) is -1.92. The molecule has 0 saturated carbocycles. The van der Waals surface area contributed by atoms with Gasteiger partial charge in [0.2, 0.25) is 22.8 Å². The maximum atomic E-state index is 13.2. The predicted molar refractivity (Wildman–Crippen MR) is 109 cm³/mol. The molecule has 31 heavy (non-hydrogen) atoms. The van der Waals surface area contributed by atoms with Gasteiger partial charge >= 0.3 is 0 Å². The molecule has 158 valence electrons. The second-order valence-corrected chi connectivity index (χ2v) is 7.36. The molecule has 0 saturated heterocycles. The van der Waals surface area contributed by atoms with Crippen molar-refractivity contribution in [3.05, 3.63) is 47.1 Å². The Morgan fingerprint density at radius 1 is 1.26 bits per heavy atom. The number of ether oxygens (including phenoxy) is 1. The van der Waals surface area contributed by atoms with Gasteiger partial charge in [-0.1, -0.05) is 0 Å². The van der Waals surface area contributed by atoms with Crippen molar-refractivity contribution in [3.8, 4) is 11.8 Å². The first-order valence-corrected chi connectivity index (χ1v) is 9.68. The minimum absolute atomic E-state index is 0.0532. The monoisotopic (exact) mass is 445 g/mol. The third-order valence-corrected chi connectivity index (χ3v) is 5.03. The van der Waals surface area contributed by atoms with E-state index in [0.717, 1.165) is 6.20 Å². The standard InChI is InChI=1S/C20H14ClF2N5O3/c1-8-6-24-15-14-9-2-5-13(31-19-10(17(22)23)7-25-20(21)28-19)27-11(9)3-4-12(14)30-16(15)18(29)26-8/h2-5,7-8,17,24H,6H2,1H3,(H,26,29)/t8-/m1/s1. The lowest BCUT2D eigenvalue weighted by Crippen LogP contribution is -2.34. The van der Waals surface area contributed by atoms with E-state index in [2.05, 4.69) is 25.6 Å². The number of amides is 1. The van der Waals surface area contributed by atoms with Crippen LogP contribution in [-0.4, -0.2) is 33.4 Å². The summed E-state index contributed by atoms with van der Waals surface area (Å²) in [4.78, 5) is 24.1. The minimum atomic E-state index is -2.84. The zero-order valence-corrected chi connectivity index (χ0v) is 16.7. The van der Waals surface area contributed by atoms with Gasteiger partial charge in [0.1, 0.15) is 5.58 Å². The van der Waals surface area contributed by atoms with Crippen LogP contribution in [0.25, 0.3) is 21.9 Å². The van der Waals surface area contributed by atoms with Crippen LogP contribution in [0.4, 0.5) is 14.5 Å². The number of carbonyl (C=O) groups is 1. The summed E-state index contributed by atoms with van der Waals surface area (Å²) < 4.78 is 37.7. The molecule has 4 heterocycles. The molecule has 5 rings (SSSR count). The number of carbonyl (C=O) groups excluding carboxylic acids is 1. The van der Waals surface area contributed by atoms with Crippen LogP contribution in [0.2, 0.25) is 5.28 Å². The van der Waals surface area contributed by atoms with E-state index in [1.807, 2.05) is 6.92 Å². The van der Waals surface area contributed by atoms with Crippen LogP contribution in [0, 0.1) is 0 Å². The molecule has 8 nitrogen and oxygen atoms in total. The molecule has 0 bridgehead atoms. The summed E-state index contributed by atoms with van der Waals surface area (Å²) in [6.45, 7) is 2.42. The molecule has 1 atom stereocenters. The molecule has 0 fully saturated rings. The first-order valence-electron chi connectivity index (χ1n) is 9.30. The summed E-state index contributed by atoms with van der Waals surface area (Å²) in [7, 11) is 0. The molecule has 0 unspecified atom stereocenters. The maximum absolute atomic E-state index is 13.2. The smallest absolute Gasteiger partial charge is 0.289 e. The highest BCUT2D eigenvalue weighted by molar-refractivity contribution is 6.28. The van der Waals surface area contributed by atoms with Crippen molar-refractivity contribution >= 4 is 45.1 Å². The minimum Gasteiger partial charge on any atom is -0.449 e. The number of anilines is 1. The molecule has 0 aliphatic carbocycles. The molecule has 2 N–H and O–H groups in total. The van der Waals surface area contributed by atoms with Gasteiger partial charge in [-0.15, -0.1) is 0 Å². The fourth-order valence-corrected chi connectivity index (χ4v) is 3.57. The van der Waals surface area contributed by atoms with Crippen molar-refractivity contribution in [2.24, 2.45) is 0 Å². The van der Waals surface area contributed by atoms with Crippen molar-refractivity contribution < 1.29 is 22.7 Å². The van der Waals surface area contributed by atoms with Gasteiger partial charge in [0.05, 0.1) is 22.2 Å². The SMILES string of the molecule is C[C@@H]1CNc2c(oc3ccc4nc(Oc5nc(Cl)ncc5C(F)F)ccc4c23)C(=O)N1. The van der Waals surface area contributed by atoms with Gasteiger partial charge < -0.3 is 19.8 Å². The quantitative estimate of drug-likeness (QED) is 0.441. The number of hydrogen-bond donors (Lipinski definition) is 2. The van der Waals surface area contributed by atoms with E-state index in [-0.39, 0.29) is 34.8 Å². The van der Waals surface area contributed by atoms with E-state index in [1.165, 1.54) is 6.07 Å². The van der Waals surface area contributed by atoms with E-state index < -0.39 is 12.0 Å². The number of alkyl halides is 2. The zero-order chi connectivity index (χ0) is 21.7. The fourth-order valence-electron chi connectivity index (χ4n) is 3.45. The Hall–Kier alpha value is -3.53. The van der Waals surface area contributed by atoms with Gasteiger partial charge in [-0.3, -0.25) is 4.79 Å². The molecule has 1 aliphatic heterocycles. The third-order valence-electron chi connectivity index (χ3n) is 4.85. The Kier molecular flexibility index (Phi) is 4.58. The second-order valence-electron chi connectivity index (χ2n) is 7.02. The van der Waals surface area contributed by atoms with E-state index in [0.29, 0.717) is 34.1 Å². The lowest BCUT2D eigenvalue weighted by atomic mass is 10.1. The number of furan rings is 1. The van der Waals surface area contributed by atoms with Gasteiger partial charge in [-0.05, 0) is 36.7 Å². The number of rotatable bonds is 3. The Bertz CT molecular complexity index is 1340. The number of hydrogen-bond acceptors (Lipinski definition) is 7. The van der Waals surface area contributed by atoms with Crippen molar-refractivity contribution in [2.45, 2.75) is 19.4 Å². The molecule has 0 radical (unpaired) electrons. The number of pyridine rings is 1. The third kappa shape index (κ3) is 3.38. The summed E-state index contributed by atoms with van der Waals surface area (Å²) >= 11 is 5.72. The van der Waals surface area contributed by atoms with Crippen molar-refractivity contribution in [1.29, 1.82) is 0 Å². The largest absolute Gasteiger partial charge is 0.449 e. The van der Waals surface area contributed by atoms with Crippen molar-refractivity contribution in [1.82, 2.24) is 20.3 Å². The molecule has 1 amide bonds. The Balaban J connectivity index is 1.60. The van der Waals surface area contributed by atoms with Gasteiger partial charge in [-0.25, -0.2) is 18.7 Å². The number of nitrogens with zero attached hydrogens (tertiary/aromatic N) is 3. The lowest BCUT2D eigenvalue weighted by molar-refractivity contribution is 0.0920. The molecule has 3 aromatic heterocycles. The van der Waals surface area contributed by atoms with E-state index in [1.54, 1.807) is 18.2 Å². The first-order chi connectivity index (χ1) is 14.9. The van der Waals surface area contributed by atoms with Gasteiger partial charge in [-0.2, -0.15) is 4.98 Å². The van der Waals surface area contributed by atoms with Crippen LogP contribution in [-0.2, 0) is 0 Å². The van der Waals surface area contributed by atoms with Crippen LogP contribution in [0.5, 0.6) is 11.8 Å². The maximum Gasteiger partial charge on any atom is 0.289 e. The van der Waals surface area contributed by atoms with Gasteiger partial charge in [0.15, 0.2) is 0 Å². The van der Waals surface area contributed by atoms with Crippen LogP contribution in [0.1, 0.15) is 29.5 Å². The average Bonchev–Trinajstić information content (AvgIpc) is 3.04. The highest BCUT2D eigenvalue weighted by atomic mass is 35.5. The molecule has 1 aromatic carbocycles. The van der Waals surface area contributed by atoms with E-state index >= 15 is 0 Å². The Morgan fingerprint density at radius 3 is 2.90 bits per heavy atom. The highest BCUT2D eigenvalue weighted by Gasteiger charge is 2.27. The number of benzene rings is 1. The van der Waals surface area contributed by atoms with Crippen molar-refractivity contribution in [2.75, 3.05) is 11.9 Å². The molecule has 0 spiro atoms. The van der Waals surface area contributed by atoms with Crippen LogP contribution in [0.3, 0.4) is 0 Å². The van der Waals surface area contributed by atoms with Crippen LogP contribution in [0.15, 0.2) is 34.9 Å². The zero-order valence-electron chi connectivity index (χ0n) is 15.9. The first kappa shape index (κ1) is 19.4. The molecular formula is C20H14ClF2N5O3. The molecule has 1 aliphatic rings.